The van der Waals surface area contributed by atoms with Crippen LogP contribution in [0.4, 0.5) is 5.69 Å². The SMILES string of the molecule is Clc1ccc(NCCN2Cc3ccccc3C2)cc1. The Morgan fingerprint density at radius 3 is 2.21 bits per heavy atom. The standard InChI is InChI=1S/C16H17ClN2/c17-15-5-7-16(8-6-15)18-9-10-19-11-13-3-1-2-4-14(13)12-19/h1-8,18H,9-12H2. The first-order valence-electron chi connectivity index (χ1n) is 6.60. The number of anilines is 1. The molecule has 98 valence electrons. The van der Waals surface area contributed by atoms with Gasteiger partial charge in [-0.1, -0.05) is 35.9 Å². The lowest BCUT2D eigenvalue weighted by atomic mass is 10.1. The number of nitrogens with zero attached hydrogens (tertiary/aromatic N) is 1. The molecule has 0 aliphatic carbocycles. The van der Waals surface area contributed by atoms with E-state index in [1.807, 2.05) is 24.3 Å². The monoisotopic (exact) mass is 272 g/mol. The summed E-state index contributed by atoms with van der Waals surface area (Å²) in [5.74, 6) is 0. The van der Waals surface area contributed by atoms with Crippen molar-refractivity contribution in [3.63, 3.8) is 0 Å². The first-order chi connectivity index (χ1) is 9.31. The summed E-state index contributed by atoms with van der Waals surface area (Å²) in [5.41, 5.74) is 4.06. The van der Waals surface area contributed by atoms with Crippen molar-refractivity contribution in [3.05, 3.63) is 64.7 Å². The van der Waals surface area contributed by atoms with E-state index in [0.29, 0.717) is 0 Å². The number of nitrogens with one attached hydrogen (secondary N) is 1. The van der Waals surface area contributed by atoms with E-state index in [-0.39, 0.29) is 0 Å². The van der Waals surface area contributed by atoms with Crippen LogP contribution < -0.4 is 5.32 Å². The second-order valence-electron chi connectivity index (χ2n) is 4.91. The molecule has 0 aromatic heterocycles. The molecular weight excluding hydrogens is 256 g/mol. The Kier molecular flexibility index (Phi) is 3.72. The quantitative estimate of drug-likeness (QED) is 0.912. The Hall–Kier alpha value is -1.51. The maximum atomic E-state index is 5.86. The van der Waals surface area contributed by atoms with Crippen molar-refractivity contribution < 1.29 is 0 Å². The predicted octanol–water partition coefficient (Wildman–Crippen LogP) is 3.77. The van der Waals surface area contributed by atoms with Crippen LogP contribution in [-0.2, 0) is 13.1 Å². The van der Waals surface area contributed by atoms with Crippen molar-refractivity contribution in [1.82, 2.24) is 4.90 Å². The highest BCUT2D eigenvalue weighted by Gasteiger charge is 2.17. The molecule has 19 heavy (non-hydrogen) atoms. The summed E-state index contributed by atoms with van der Waals surface area (Å²) in [7, 11) is 0. The molecule has 3 heteroatoms. The molecule has 0 fully saturated rings. The number of hydrogen-bond donors (Lipinski definition) is 1. The van der Waals surface area contributed by atoms with E-state index >= 15 is 0 Å². The van der Waals surface area contributed by atoms with Crippen LogP contribution in [0.2, 0.25) is 5.02 Å². The van der Waals surface area contributed by atoms with Crippen molar-refractivity contribution in [1.29, 1.82) is 0 Å². The number of fused-ring (bicyclic) bond motifs is 1. The van der Waals surface area contributed by atoms with Gasteiger partial charge in [0.1, 0.15) is 0 Å². The fourth-order valence-corrected chi connectivity index (χ4v) is 2.61. The topological polar surface area (TPSA) is 15.3 Å². The molecule has 0 unspecified atom stereocenters. The Balaban J connectivity index is 1.48. The molecule has 2 nitrogen and oxygen atoms in total. The van der Waals surface area contributed by atoms with Crippen molar-refractivity contribution in [3.8, 4) is 0 Å². The minimum atomic E-state index is 0.778. The third-order valence-electron chi connectivity index (χ3n) is 3.51. The number of benzene rings is 2. The minimum absolute atomic E-state index is 0.778. The van der Waals surface area contributed by atoms with Gasteiger partial charge in [-0.05, 0) is 35.4 Å². The number of rotatable bonds is 4. The van der Waals surface area contributed by atoms with Crippen molar-refractivity contribution in [2.24, 2.45) is 0 Å². The van der Waals surface area contributed by atoms with Gasteiger partial charge in [0.15, 0.2) is 0 Å². The van der Waals surface area contributed by atoms with Gasteiger partial charge >= 0.3 is 0 Å². The minimum Gasteiger partial charge on any atom is -0.384 e. The third kappa shape index (κ3) is 3.09. The van der Waals surface area contributed by atoms with Crippen LogP contribution in [-0.4, -0.2) is 18.0 Å². The highest BCUT2D eigenvalue weighted by Crippen LogP contribution is 2.21. The van der Waals surface area contributed by atoms with E-state index in [1.54, 1.807) is 0 Å². The van der Waals surface area contributed by atoms with Gasteiger partial charge in [0, 0.05) is 36.9 Å². The summed E-state index contributed by atoms with van der Waals surface area (Å²) in [6.45, 7) is 4.14. The maximum absolute atomic E-state index is 5.86. The van der Waals surface area contributed by atoms with E-state index in [9.17, 15) is 0 Å². The fourth-order valence-electron chi connectivity index (χ4n) is 2.49. The van der Waals surface area contributed by atoms with Crippen LogP contribution in [0, 0.1) is 0 Å². The molecule has 2 aromatic rings. The van der Waals surface area contributed by atoms with E-state index < -0.39 is 0 Å². The Morgan fingerprint density at radius 1 is 0.947 bits per heavy atom. The van der Waals surface area contributed by atoms with Crippen molar-refractivity contribution >= 4 is 17.3 Å². The molecule has 2 aromatic carbocycles. The molecule has 0 bridgehead atoms. The summed E-state index contributed by atoms with van der Waals surface area (Å²) in [5, 5.41) is 4.20. The molecule has 0 saturated heterocycles. The van der Waals surface area contributed by atoms with Crippen LogP contribution in [0.15, 0.2) is 48.5 Å². The molecular formula is C16H17ClN2. The van der Waals surface area contributed by atoms with Gasteiger partial charge in [-0.25, -0.2) is 0 Å². The van der Waals surface area contributed by atoms with Crippen LogP contribution in [0.25, 0.3) is 0 Å². The largest absolute Gasteiger partial charge is 0.384 e. The van der Waals surface area contributed by atoms with E-state index in [1.165, 1.54) is 11.1 Å². The van der Waals surface area contributed by atoms with Crippen LogP contribution in [0.5, 0.6) is 0 Å². The Labute approximate surface area is 119 Å². The normalized spacial score (nSPS) is 14.4. The van der Waals surface area contributed by atoms with Gasteiger partial charge in [0.25, 0.3) is 0 Å². The van der Waals surface area contributed by atoms with Gasteiger partial charge in [0.05, 0.1) is 0 Å². The predicted molar refractivity (Wildman–Crippen MR) is 80.5 cm³/mol. The Bertz CT molecular complexity index is 526. The lowest BCUT2D eigenvalue weighted by molar-refractivity contribution is 0.296. The third-order valence-corrected chi connectivity index (χ3v) is 3.76. The zero-order chi connectivity index (χ0) is 13.1. The molecule has 1 aliphatic rings. The summed E-state index contributed by atoms with van der Waals surface area (Å²) in [6.07, 6.45) is 0. The summed E-state index contributed by atoms with van der Waals surface area (Å²) in [4.78, 5) is 2.47. The second-order valence-corrected chi connectivity index (χ2v) is 5.35. The average molecular weight is 273 g/mol. The van der Waals surface area contributed by atoms with Gasteiger partial charge in [-0.3, -0.25) is 4.90 Å². The molecule has 0 atom stereocenters. The fraction of sp³-hybridized carbons (Fsp3) is 0.250. The molecule has 1 aliphatic heterocycles. The lowest BCUT2D eigenvalue weighted by Gasteiger charge is -2.15. The lowest BCUT2D eigenvalue weighted by Crippen LogP contribution is -2.23. The van der Waals surface area contributed by atoms with E-state index in [4.69, 9.17) is 11.6 Å². The molecule has 0 saturated carbocycles. The highest BCUT2D eigenvalue weighted by atomic mass is 35.5. The second kappa shape index (κ2) is 5.64. The van der Waals surface area contributed by atoms with Crippen LogP contribution >= 0.6 is 11.6 Å². The zero-order valence-electron chi connectivity index (χ0n) is 10.8. The Morgan fingerprint density at radius 2 is 1.58 bits per heavy atom. The van der Waals surface area contributed by atoms with Crippen LogP contribution in [0.1, 0.15) is 11.1 Å². The number of hydrogen-bond acceptors (Lipinski definition) is 2. The molecule has 0 spiro atoms. The molecule has 0 radical (unpaired) electrons. The molecule has 3 rings (SSSR count). The molecule has 1 N–H and O–H groups in total. The van der Waals surface area contributed by atoms with Gasteiger partial charge in [0.2, 0.25) is 0 Å². The van der Waals surface area contributed by atoms with E-state index in [2.05, 4.69) is 34.5 Å². The first-order valence-corrected chi connectivity index (χ1v) is 6.98. The van der Waals surface area contributed by atoms with Crippen LogP contribution in [0.3, 0.4) is 0 Å². The smallest absolute Gasteiger partial charge is 0.0407 e. The summed E-state index contributed by atoms with van der Waals surface area (Å²) < 4.78 is 0. The highest BCUT2D eigenvalue weighted by molar-refractivity contribution is 6.30. The molecule has 1 heterocycles. The van der Waals surface area contributed by atoms with Gasteiger partial charge in [-0.15, -0.1) is 0 Å². The van der Waals surface area contributed by atoms with E-state index in [0.717, 1.165) is 36.9 Å². The zero-order valence-corrected chi connectivity index (χ0v) is 11.5. The summed E-state index contributed by atoms with van der Waals surface area (Å²) >= 11 is 5.86. The van der Waals surface area contributed by atoms with Gasteiger partial charge in [-0.2, -0.15) is 0 Å². The maximum Gasteiger partial charge on any atom is 0.0407 e. The van der Waals surface area contributed by atoms with Crippen molar-refractivity contribution in [2.45, 2.75) is 13.1 Å². The van der Waals surface area contributed by atoms with Gasteiger partial charge < -0.3 is 5.32 Å². The summed E-state index contributed by atoms with van der Waals surface area (Å²) in [6, 6.07) is 16.5. The van der Waals surface area contributed by atoms with Crippen molar-refractivity contribution in [2.75, 3.05) is 18.4 Å². The average Bonchev–Trinajstić information content (AvgIpc) is 2.83. The molecule has 0 amide bonds. The number of halogens is 1. The first kappa shape index (κ1) is 12.5.